The fraction of sp³-hybridized carbons (Fsp3) is 1.00. The molecule has 1 aliphatic carbocycles. The van der Waals surface area contributed by atoms with E-state index in [9.17, 15) is 10.2 Å². The van der Waals surface area contributed by atoms with Crippen molar-refractivity contribution in [3.05, 3.63) is 0 Å². The molecule has 3 fully saturated rings. The van der Waals surface area contributed by atoms with Gasteiger partial charge < -0.3 is 15.5 Å². The van der Waals surface area contributed by atoms with Crippen LogP contribution in [0.15, 0.2) is 0 Å². The van der Waals surface area contributed by atoms with E-state index in [2.05, 4.69) is 5.32 Å². The molecule has 2 aliphatic heterocycles. The second kappa shape index (κ2) is 3.27. The van der Waals surface area contributed by atoms with Crippen LogP contribution in [0, 0.1) is 5.92 Å². The lowest BCUT2D eigenvalue weighted by molar-refractivity contribution is -0.0875. The number of piperidine rings is 2. The average molecular weight is 180 g/mol. The summed E-state index contributed by atoms with van der Waals surface area (Å²) in [5.74, 6) is 0.292. The molecule has 4 heteroatoms. The molecule has 2 bridgehead atoms. The first-order valence-electron chi connectivity index (χ1n) is 3.88. The standard InChI is InChI=1S/C7H13NO2.ClH/c9-6-4-1-2-5(7(6)10)8-3-4;/h4-10H,1-3H2;1H. The number of halogens is 1. The smallest absolute Gasteiger partial charge is 0.0954 e. The van der Waals surface area contributed by atoms with E-state index in [0.717, 1.165) is 19.4 Å². The van der Waals surface area contributed by atoms with Gasteiger partial charge in [0.05, 0.1) is 12.2 Å². The third-order valence-electron chi connectivity index (χ3n) is 2.74. The topological polar surface area (TPSA) is 52.5 Å². The molecule has 11 heavy (non-hydrogen) atoms. The van der Waals surface area contributed by atoms with E-state index >= 15 is 0 Å². The summed E-state index contributed by atoms with van der Waals surface area (Å²) in [7, 11) is 0. The van der Waals surface area contributed by atoms with Gasteiger partial charge in [-0.2, -0.15) is 0 Å². The first kappa shape index (κ1) is 9.26. The van der Waals surface area contributed by atoms with Crippen LogP contribution < -0.4 is 5.32 Å². The molecule has 0 aromatic rings. The van der Waals surface area contributed by atoms with Crippen LogP contribution in [0.2, 0.25) is 0 Å². The van der Waals surface area contributed by atoms with Crippen molar-refractivity contribution in [1.82, 2.24) is 5.32 Å². The Bertz CT molecular complexity index is 116. The SMILES string of the molecule is Cl.OC1C2CCC(NC2)C1O. The molecule has 1 saturated carbocycles. The molecule has 2 heterocycles. The van der Waals surface area contributed by atoms with Crippen molar-refractivity contribution >= 4 is 12.4 Å². The van der Waals surface area contributed by atoms with Gasteiger partial charge in [0, 0.05) is 12.6 Å². The highest BCUT2D eigenvalue weighted by Gasteiger charge is 2.41. The Morgan fingerprint density at radius 2 is 1.82 bits per heavy atom. The summed E-state index contributed by atoms with van der Waals surface area (Å²) in [4.78, 5) is 0. The molecule has 2 saturated heterocycles. The van der Waals surface area contributed by atoms with Gasteiger partial charge >= 0.3 is 0 Å². The van der Waals surface area contributed by atoms with E-state index in [4.69, 9.17) is 0 Å². The van der Waals surface area contributed by atoms with Gasteiger partial charge in [-0.3, -0.25) is 0 Å². The lowest BCUT2D eigenvalue weighted by atomic mass is 9.77. The molecule has 3 nitrogen and oxygen atoms in total. The summed E-state index contributed by atoms with van der Waals surface area (Å²) in [6, 6.07) is 0.153. The molecular weight excluding hydrogens is 166 g/mol. The van der Waals surface area contributed by atoms with Crippen LogP contribution in [-0.2, 0) is 0 Å². The maximum absolute atomic E-state index is 9.38. The molecule has 4 atom stereocenters. The summed E-state index contributed by atoms with van der Waals surface area (Å²) in [6.45, 7) is 0.878. The predicted octanol–water partition coefficient (Wildman–Crippen LogP) is -0.488. The van der Waals surface area contributed by atoms with Crippen molar-refractivity contribution in [2.24, 2.45) is 5.92 Å². The van der Waals surface area contributed by atoms with Crippen molar-refractivity contribution in [2.75, 3.05) is 6.54 Å². The number of nitrogens with one attached hydrogen (secondary N) is 1. The predicted molar refractivity (Wildman–Crippen MR) is 43.8 cm³/mol. The van der Waals surface area contributed by atoms with Gasteiger partial charge in [0.2, 0.25) is 0 Å². The summed E-state index contributed by atoms with van der Waals surface area (Å²) in [6.07, 6.45) is 1.09. The lowest BCUT2D eigenvalue weighted by Crippen LogP contribution is -2.61. The maximum Gasteiger partial charge on any atom is 0.0954 e. The van der Waals surface area contributed by atoms with Gasteiger partial charge in [-0.15, -0.1) is 12.4 Å². The fourth-order valence-corrected chi connectivity index (χ4v) is 2.00. The molecule has 0 aromatic heterocycles. The molecule has 0 radical (unpaired) electrons. The number of aliphatic hydroxyl groups is 2. The van der Waals surface area contributed by atoms with Crippen LogP contribution in [0.25, 0.3) is 0 Å². The molecule has 3 N–H and O–H groups in total. The van der Waals surface area contributed by atoms with E-state index in [1.54, 1.807) is 0 Å². The van der Waals surface area contributed by atoms with Gasteiger partial charge in [0.1, 0.15) is 0 Å². The highest BCUT2D eigenvalue weighted by atomic mass is 35.5. The van der Waals surface area contributed by atoms with E-state index < -0.39 is 12.2 Å². The second-order valence-electron chi connectivity index (χ2n) is 3.33. The Labute approximate surface area is 72.2 Å². The van der Waals surface area contributed by atoms with Crippen molar-refractivity contribution < 1.29 is 10.2 Å². The van der Waals surface area contributed by atoms with E-state index in [-0.39, 0.29) is 18.4 Å². The molecule has 3 aliphatic rings. The van der Waals surface area contributed by atoms with Crippen LogP contribution in [-0.4, -0.2) is 35.0 Å². The average Bonchev–Trinajstić information content (AvgIpc) is 2.00. The fourth-order valence-electron chi connectivity index (χ4n) is 2.00. The summed E-state index contributed by atoms with van der Waals surface area (Å²) < 4.78 is 0. The minimum atomic E-state index is -0.521. The number of rotatable bonds is 0. The molecule has 0 aromatic carbocycles. The number of aliphatic hydroxyl groups excluding tert-OH is 2. The first-order chi connectivity index (χ1) is 4.79. The Morgan fingerprint density at radius 1 is 1.09 bits per heavy atom. The van der Waals surface area contributed by atoms with E-state index in [0.29, 0.717) is 5.92 Å². The van der Waals surface area contributed by atoms with Crippen molar-refractivity contribution in [2.45, 2.75) is 31.1 Å². The lowest BCUT2D eigenvalue weighted by Gasteiger charge is -2.44. The van der Waals surface area contributed by atoms with Gasteiger partial charge in [0.15, 0.2) is 0 Å². The number of fused-ring (bicyclic) bond motifs is 3. The van der Waals surface area contributed by atoms with Crippen LogP contribution in [0.4, 0.5) is 0 Å². The van der Waals surface area contributed by atoms with E-state index in [1.165, 1.54) is 0 Å². The van der Waals surface area contributed by atoms with Crippen LogP contribution >= 0.6 is 12.4 Å². The molecule has 3 rings (SSSR count). The largest absolute Gasteiger partial charge is 0.390 e. The van der Waals surface area contributed by atoms with Gasteiger partial charge in [-0.25, -0.2) is 0 Å². The van der Waals surface area contributed by atoms with Gasteiger partial charge in [0.25, 0.3) is 0 Å². The monoisotopic (exact) mass is 179 g/mol. The highest BCUT2D eigenvalue weighted by molar-refractivity contribution is 5.85. The summed E-state index contributed by atoms with van der Waals surface area (Å²) >= 11 is 0. The summed E-state index contributed by atoms with van der Waals surface area (Å²) in [5, 5.41) is 21.9. The molecule has 66 valence electrons. The van der Waals surface area contributed by atoms with Crippen molar-refractivity contribution in [3.8, 4) is 0 Å². The minimum Gasteiger partial charge on any atom is -0.390 e. The zero-order chi connectivity index (χ0) is 7.14. The normalized spacial score (nSPS) is 48.5. The minimum absolute atomic E-state index is 0. The number of hydrogen-bond acceptors (Lipinski definition) is 3. The highest BCUT2D eigenvalue weighted by Crippen LogP contribution is 2.29. The van der Waals surface area contributed by atoms with Crippen LogP contribution in [0.5, 0.6) is 0 Å². The zero-order valence-electron chi connectivity index (χ0n) is 6.23. The second-order valence-corrected chi connectivity index (χ2v) is 3.33. The maximum atomic E-state index is 9.38. The molecule has 0 spiro atoms. The Balaban J connectivity index is 0.000000605. The van der Waals surface area contributed by atoms with Gasteiger partial charge in [-0.05, 0) is 18.8 Å². The van der Waals surface area contributed by atoms with E-state index in [1.807, 2.05) is 0 Å². The third kappa shape index (κ3) is 1.38. The Kier molecular flexibility index (Phi) is 2.75. The van der Waals surface area contributed by atoms with Crippen molar-refractivity contribution in [1.29, 1.82) is 0 Å². The number of hydrogen-bond donors (Lipinski definition) is 3. The van der Waals surface area contributed by atoms with Crippen molar-refractivity contribution in [3.63, 3.8) is 0 Å². The molecular formula is C7H14ClNO2. The third-order valence-corrected chi connectivity index (χ3v) is 2.74. The summed E-state index contributed by atoms with van der Waals surface area (Å²) in [5.41, 5.74) is 0. The molecule has 4 unspecified atom stereocenters. The van der Waals surface area contributed by atoms with Crippen LogP contribution in [0.3, 0.4) is 0 Å². The first-order valence-corrected chi connectivity index (χ1v) is 3.88. The van der Waals surface area contributed by atoms with Gasteiger partial charge in [-0.1, -0.05) is 0 Å². The van der Waals surface area contributed by atoms with Crippen LogP contribution in [0.1, 0.15) is 12.8 Å². The quantitative estimate of drug-likeness (QED) is 0.471. The molecule has 0 amide bonds. The zero-order valence-corrected chi connectivity index (χ0v) is 7.05. The Hall–Kier alpha value is 0.170. The Morgan fingerprint density at radius 3 is 2.09 bits per heavy atom.